The molecule has 1 aromatic heterocycles. The topological polar surface area (TPSA) is 76.6 Å². The van der Waals surface area contributed by atoms with Crippen molar-refractivity contribution in [3.05, 3.63) is 72.1 Å². The Morgan fingerprint density at radius 3 is 2.68 bits per heavy atom. The molecule has 2 aliphatic heterocycles. The first kappa shape index (κ1) is 19.4. The van der Waals surface area contributed by atoms with Crippen molar-refractivity contribution >= 4 is 17.5 Å². The van der Waals surface area contributed by atoms with Gasteiger partial charge in [-0.25, -0.2) is 9.97 Å². The van der Waals surface area contributed by atoms with Crippen LogP contribution in [0.15, 0.2) is 60.9 Å². The summed E-state index contributed by atoms with van der Waals surface area (Å²) in [7, 11) is 0. The Morgan fingerprint density at radius 1 is 0.968 bits per heavy atom. The Kier molecular flexibility index (Phi) is 5.39. The van der Waals surface area contributed by atoms with E-state index < -0.39 is 0 Å². The molecule has 7 heteroatoms. The fourth-order valence-corrected chi connectivity index (χ4v) is 4.13. The molecule has 1 amide bonds. The molecule has 0 aliphatic carbocycles. The van der Waals surface area contributed by atoms with E-state index in [4.69, 9.17) is 9.47 Å². The Bertz CT molecular complexity index is 1070. The Labute approximate surface area is 181 Å². The molecule has 1 fully saturated rings. The van der Waals surface area contributed by atoms with Crippen molar-refractivity contribution in [2.24, 2.45) is 0 Å². The fourth-order valence-electron chi connectivity index (χ4n) is 4.13. The minimum Gasteiger partial charge on any atom is -0.490 e. The molecular formula is C24H24N4O3. The van der Waals surface area contributed by atoms with E-state index in [9.17, 15) is 4.79 Å². The number of carbonyl (C=O) groups is 1. The fraction of sp³-hybridized carbons (Fsp3) is 0.292. The van der Waals surface area contributed by atoms with Crippen molar-refractivity contribution in [1.29, 1.82) is 0 Å². The molecule has 0 saturated carbocycles. The average molecular weight is 416 g/mol. The Hall–Kier alpha value is -3.61. The molecule has 0 radical (unpaired) electrons. The average Bonchev–Trinajstić information content (AvgIpc) is 3.18. The smallest absolute Gasteiger partial charge is 0.254 e. The van der Waals surface area contributed by atoms with Crippen molar-refractivity contribution in [3.8, 4) is 11.5 Å². The zero-order chi connectivity index (χ0) is 21.0. The van der Waals surface area contributed by atoms with E-state index >= 15 is 0 Å². The largest absolute Gasteiger partial charge is 0.490 e. The van der Waals surface area contributed by atoms with Gasteiger partial charge in [-0.1, -0.05) is 12.1 Å². The van der Waals surface area contributed by atoms with Gasteiger partial charge < -0.3 is 19.7 Å². The monoisotopic (exact) mass is 416 g/mol. The highest BCUT2D eigenvalue weighted by Gasteiger charge is 2.31. The van der Waals surface area contributed by atoms with Gasteiger partial charge >= 0.3 is 0 Å². The molecule has 1 N–H and O–H groups in total. The van der Waals surface area contributed by atoms with Gasteiger partial charge in [0.25, 0.3) is 5.91 Å². The van der Waals surface area contributed by atoms with Crippen molar-refractivity contribution in [2.75, 3.05) is 25.1 Å². The van der Waals surface area contributed by atoms with Gasteiger partial charge in [0.05, 0.1) is 19.3 Å². The van der Waals surface area contributed by atoms with Crippen LogP contribution < -0.4 is 14.8 Å². The van der Waals surface area contributed by atoms with Crippen LogP contribution in [0.4, 0.5) is 11.6 Å². The summed E-state index contributed by atoms with van der Waals surface area (Å²) in [5.41, 5.74) is 2.51. The van der Waals surface area contributed by atoms with Crippen LogP contribution in [0.2, 0.25) is 0 Å². The molecular weight excluding hydrogens is 392 g/mol. The number of ether oxygens (including phenoxy) is 2. The number of nitrogens with one attached hydrogen (secondary N) is 1. The summed E-state index contributed by atoms with van der Waals surface area (Å²) >= 11 is 0. The number of likely N-dealkylation sites (tertiary alicyclic amines) is 1. The number of anilines is 2. The molecule has 0 bridgehead atoms. The van der Waals surface area contributed by atoms with Gasteiger partial charge in [-0.05, 0) is 54.8 Å². The normalized spacial score (nSPS) is 17.8. The molecule has 31 heavy (non-hydrogen) atoms. The molecule has 158 valence electrons. The highest BCUT2D eigenvalue weighted by atomic mass is 16.5. The SMILES string of the molecule is O=C(c1cccc(Nc2ncccn2)c1)N1CCC[C@H]1c1ccc2c(c1)OCCCO2. The summed E-state index contributed by atoms with van der Waals surface area (Å²) in [6, 6.07) is 15.3. The van der Waals surface area contributed by atoms with Crippen LogP contribution in [0.5, 0.6) is 11.5 Å². The van der Waals surface area contributed by atoms with Crippen LogP contribution in [0, 0.1) is 0 Å². The summed E-state index contributed by atoms with van der Waals surface area (Å²) < 4.78 is 11.6. The lowest BCUT2D eigenvalue weighted by Gasteiger charge is -2.26. The molecule has 3 aromatic rings. The second-order valence-corrected chi connectivity index (χ2v) is 7.69. The van der Waals surface area contributed by atoms with Gasteiger partial charge in [0.2, 0.25) is 5.95 Å². The van der Waals surface area contributed by atoms with Crippen LogP contribution in [0.3, 0.4) is 0 Å². The predicted molar refractivity (Wildman–Crippen MR) is 117 cm³/mol. The predicted octanol–water partition coefficient (Wildman–Crippen LogP) is 4.36. The highest BCUT2D eigenvalue weighted by molar-refractivity contribution is 5.95. The lowest BCUT2D eigenvalue weighted by atomic mass is 10.0. The number of hydrogen-bond acceptors (Lipinski definition) is 6. The van der Waals surface area contributed by atoms with Gasteiger partial charge in [-0.15, -0.1) is 0 Å². The number of nitrogens with zero attached hydrogens (tertiary/aromatic N) is 3. The standard InChI is InChI=1S/C24H24N4O3/c29-23(18-5-1-6-19(15-18)27-24-25-10-3-11-26-24)28-12-2-7-20(28)17-8-9-21-22(16-17)31-14-4-13-30-21/h1,3,5-6,8-11,15-16,20H,2,4,7,12-14H2,(H,25,26,27)/t20-/m0/s1. The third-order valence-electron chi connectivity index (χ3n) is 5.60. The van der Waals surface area contributed by atoms with Crippen LogP contribution in [0.1, 0.15) is 41.2 Å². The third kappa shape index (κ3) is 4.17. The maximum atomic E-state index is 13.4. The molecule has 0 unspecified atom stereocenters. The summed E-state index contributed by atoms with van der Waals surface area (Å²) in [6.07, 6.45) is 6.13. The molecule has 2 aromatic carbocycles. The molecule has 0 spiro atoms. The second kappa shape index (κ2) is 8.63. The lowest BCUT2D eigenvalue weighted by Crippen LogP contribution is -2.30. The van der Waals surface area contributed by atoms with Crippen molar-refractivity contribution in [3.63, 3.8) is 0 Å². The number of rotatable bonds is 4. The van der Waals surface area contributed by atoms with Crippen LogP contribution in [-0.4, -0.2) is 40.5 Å². The highest BCUT2D eigenvalue weighted by Crippen LogP contribution is 2.38. The minimum absolute atomic E-state index is 0.0206. The summed E-state index contributed by atoms with van der Waals surface area (Å²) in [5.74, 6) is 2.06. The second-order valence-electron chi connectivity index (χ2n) is 7.69. The quantitative estimate of drug-likeness (QED) is 0.681. The number of aromatic nitrogens is 2. The van der Waals surface area contributed by atoms with Gasteiger partial charge in [0.1, 0.15) is 0 Å². The summed E-state index contributed by atoms with van der Waals surface area (Å²) in [6.45, 7) is 2.05. The van der Waals surface area contributed by atoms with Gasteiger partial charge in [-0.3, -0.25) is 4.79 Å². The van der Waals surface area contributed by atoms with E-state index in [0.717, 1.165) is 48.6 Å². The van der Waals surface area contributed by atoms with Gasteiger partial charge in [0, 0.05) is 36.6 Å². The number of benzene rings is 2. The Balaban J connectivity index is 1.37. The zero-order valence-electron chi connectivity index (χ0n) is 17.2. The number of fused-ring (bicyclic) bond motifs is 1. The van der Waals surface area contributed by atoms with E-state index in [0.29, 0.717) is 24.7 Å². The first-order valence-corrected chi connectivity index (χ1v) is 10.6. The summed E-state index contributed by atoms with van der Waals surface area (Å²) in [4.78, 5) is 23.7. The summed E-state index contributed by atoms with van der Waals surface area (Å²) in [5, 5.41) is 3.15. The first-order valence-electron chi connectivity index (χ1n) is 10.6. The van der Waals surface area contributed by atoms with E-state index in [1.54, 1.807) is 18.5 Å². The molecule has 1 saturated heterocycles. The third-order valence-corrected chi connectivity index (χ3v) is 5.60. The molecule has 7 nitrogen and oxygen atoms in total. The number of hydrogen-bond donors (Lipinski definition) is 1. The maximum Gasteiger partial charge on any atom is 0.254 e. The van der Waals surface area contributed by atoms with Gasteiger partial charge in [-0.2, -0.15) is 0 Å². The van der Waals surface area contributed by atoms with Crippen LogP contribution in [0.25, 0.3) is 0 Å². The van der Waals surface area contributed by atoms with E-state index in [1.807, 2.05) is 41.3 Å². The molecule has 3 heterocycles. The van der Waals surface area contributed by atoms with Crippen LogP contribution in [-0.2, 0) is 0 Å². The van der Waals surface area contributed by atoms with E-state index in [1.165, 1.54) is 0 Å². The maximum absolute atomic E-state index is 13.4. The van der Waals surface area contributed by atoms with Crippen LogP contribution >= 0.6 is 0 Å². The molecule has 5 rings (SSSR count). The Morgan fingerprint density at radius 2 is 1.81 bits per heavy atom. The van der Waals surface area contributed by atoms with Gasteiger partial charge in [0.15, 0.2) is 11.5 Å². The minimum atomic E-state index is 0.0206. The first-order chi connectivity index (χ1) is 15.3. The number of amides is 1. The van der Waals surface area contributed by atoms with E-state index in [-0.39, 0.29) is 11.9 Å². The molecule has 2 aliphatic rings. The van der Waals surface area contributed by atoms with Crippen molar-refractivity contribution in [1.82, 2.24) is 14.9 Å². The van der Waals surface area contributed by atoms with Crippen molar-refractivity contribution in [2.45, 2.75) is 25.3 Å². The number of carbonyl (C=O) groups excluding carboxylic acids is 1. The van der Waals surface area contributed by atoms with Crippen molar-refractivity contribution < 1.29 is 14.3 Å². The zero-order valence-corrected chi connectivity index (χ0v) is 17.2. The lowest BCUT2D eigenvalue weighted by molar-refractivity contribution is 0.0735. The molecule has 1 atom stereocenters. The van der Waals surface area contributed by atoms with E-state index in [2.05, 4.69) is 21.4 Å².